The highest BCUT2D eigenvalue weighted by Crippen LogP contribution is 2.32. The van der Waals surface area contributed by atoms with E-state index in [1.807, 2.05) is 48.9 Å². The SMILES string of the molecule is Cc1ccccc1-n1nc(C)c2cc(C(=O)N3CCC(C(=O)O)CC3)sc21. The summed E-state index contributed by atoms with van der Waals surface area (Å²) in [6, 6.07) is 9.97. The molecule has 0 atom stereocenters. The smallest absolute Gasteiger partial charge is 0.306 e. The number of para-hydroxylation sites is 1. The number of thiophene rings is 1. The predicted octanol–water partition coefficient (Wildman–Crippen LogP) is 3.64. The summed E-state index contributed by atoms with van der Waals surface area (Å²) in [6.07, 6.45) is 1.03. The number of rotatable bonds is 3. The van der Waals surface area contributed by atoms with E-state index in [4.69, 9.17) is 5.11 Å². The first kappa shape index (κ1) is 17.7. The molecule has 1 saturated heterocycles. The number of aliphatic carboxylic acids is 1. The van der Waals surface area contributed by atoms with Crippen LogP contribution in [0.2, 0.25) is 0 Å². The Bertz CT molecular complexity index is 1030. The Morgan fingerprint density at radius 3 is 2.56 bits per heavy atom. The number of carbonyl (C=O) groups is 2. The van der Waals surface area contributed by atoms with Crippen LogP contribution in [0.5, 0.6) is 0 Å². The van der Waals surface area contributed by atoms with Crippen LogP contribution in [0, 0.1) is 19.8 Å². The van der Waals surface area contributed by atoms with E-state index in [0.29, 0.717) is 30.8 Å². The van der Waals surface area contributed by atoms with Gasteiger partial charge in [0.1, 0.15) is 4.83 Å². The van der Waals surface area contributed by atoms with Crippen LogP contribution in [-0.2, 0) is 4.79 Å². The van der Waals surface area contributed by atoms with E-state index in [2.05, 4.69) is 5.10 Å². The monoisotopic (exact) mass is 383 g/mol. The number of aryl methyl sites for hydroxylation is 2. The van der Waals surface area contributed by atoms with Gasteiger partial charge in [0, 0.05) is 18.5 Å². The number of fused-ring (bicyclic) bond motifs is 1. The van der Waals surface area contributed by atoms with E-state index in [1.54, 1.807) is 4.90 Å². The molecule has 1 fully saturated rings. The van der Waals surface area contributed by atoms with Gasteiger partial charge in [-0.15, -0.1) is 11.3 Å². The van der Waals surface area contributed by atoms with Crippen molar-refractivity contribution in [2.75, 3.05) is 13.1 Å². The number of hydrogen-bond donors (Lipinski definition) is 1. The number of piperidine rings is 1. The number of carboxylic acids is 1. The van der Waals surface area contributed by atoms with Gasteiger partial charge in [-0.2, -0.15) is 5.10 Å². The van der Waals surface area contributed by atoms with Crippen molar-refractivity contribution in [3.63, 3.8) is 0 Å². The average Bonchev–Trinajstić information content (AvgIpc) is 3.22. The molecule has 3 aromatic rings. The minimum Gasteiger partial charge on any atom is -0.481 e. The number of carboxylic acid groups (broad SMARTS) is 1. The second-order valence-electron chi connectivity index (χ2n) is 7.02. The van der Waals surface area contributed by atoms with Gasteiger partial charge in [-0.3, -0.25) is 9.59 Å². The standard InChI is InChI=1S/C20H21N3O3S/c1-12-5-3-4-6-16(12)23-19-15(13(2)21-23)11-17(27-19)18(24)22-9-7-14(8-10-22)20(25)26/h3-6,11,14H,7-10H2,1-2H3,(H,25,26). The molecular weight excluding hydrogens is 362 g/mol. The topological polar surface area (TPSA) is 75.4 Å². The van der Waals surface area contributed by atoms with Gasteiger partial charge in [0.2, 0.25) is 0 Å². The highest BCUT2D eigenvalue weighted by molar-refractivity contribution is 7.20. The second kappa shape index (κ2) is 6.81. The summed E-state index contributed by atoms with van der Waals surface area (Å²) in [5, 5.41) is 14.8. The molecule has 0 bridgehead atoms. The fraction of sp³-hybridized carbons (Fsp3) is 0.350. The molecule has 140 valence electrons. The van der Waals surface area contributed by atoms with Crippen molar-refractivity contribution >= 4 is 33.4 Å². The van der Waals surface area contributed by atoms with Gasteiger partial charge in [0.25, 0.3) is 5.91 Å². The van der Waals surface area contributed by atoms with Crippen LogP contribution in [0.25, 0.3) is 15.9 Å². The molecule has 2 aromatic heterocycles. The Hall–Kier alpha value is -2.67. The van der Waals surface area contributed by atoms with E-state index in [0.717, 1.165) is 27.2 Å². The maximum Gasteiger partial charge on any atom is 0.306 e. The van der Waals surface area contributed by atoms with Gasteiger partial charge in [0.05, 0.1) is 22.2 Å². The van der Waals surface area contributed by atoms with Gasteiger partial charge in [-0.05, 0) is 44.4 Å². The fourth-order valence-corrected chi connectivity index (χ4v) is 4.75. The number of nitrogens with zero attached hydrogens (tertiary/aromatic N) is 3. The minimum atomic E-state index is -0.766. The van der Waals surface area contributed by atoms with Crippen LogP contribution in [-0.4, -0.2) is 44.8 Å². The normalized spacial score (nSPS) is 15.4. The van der Waals surface area contributed by atoms with E-state index >= 15 is 0 Å². The molecule has 4 rings (SSSR count). The predicted molar refractivity (Wildman–Crippen MR) is 105 cm³/mol. The molecule has 27 heavy (non-hydrogen) atoms. The average molecular weight is 383 g/mol. The van der Waals surface area contributed by atoms with Crippen LogP contribution in [0.15, 0.2) is 30.3 Å². The van der Waals surface area contributed by atoms with E-state index < -0.39 is 5.97 Å². The first-order valence-electron chi connectivity index (χ1n) is 9.03. The van der Waals surface area contributed by atoms with E-state index in [9.17, 15) is 9.59 Å². The summed E-state index contributed by atoms with van der Waals surface area (Å²) in [6.45, 7) is 4.99. The van der Waals surface area contributed by atoms with Gasteiger partial charge in [-0.1, -0.05) is 18.2 Å². The zero-order valence-electron chi connectivity index (χ0n) is 15.3. The molecule has 7 heteroatoms. The van der Waals surface area contributed by atoms with Crippen molar-refractivity contribution in [3.05, 3.63) is 46.5 Å². The second-order valence-corrected chi connectivity index (χ2v) is 8.05. The number of carbonyl (C=O) groups excluding carboxylic acids is 1. The van der Waals surface area contributed by atoms with E-state index in [-0.39, 0.29) is 11.8 Å². The van der Waals surface area contributed by atoms with Gasteiger partial charge in [-0.25, -0.2) is 4.68 Å². The summed E-state index contributed by atoms with van der Waals surface area (Å²) in [4.78, 5) is 27.5. The molecule has 3 heterocycles. The Kier molecular flexibility index (Phi) is 4.47. The third-order valence-electron chi connectivity index (χ3n) is 5.23. The summed E-state index contributed by atoms with van der Waals surface area (Å²) in [5.41, 5.74) is 3.03. The lowest BCUT2D eigenvalue weighted by Crippen LogP contribution is -2.39. The molecule has 1 aliphatic heterocycles. The molecule has 1 N–H and O–H groups in total. The zero-order valence-corrected chi connectivity index (χ0v) is 16.1. The van der Waals surface area contributed by atoms with Crippen LogP contribution >= 0.6 is 11.3 Å². The number of hydrogen-bond acceptors (Lipinski definition) is 4. The Balaban J connectivity index is 1.65. The lowest BCUT2D eigenvalue weighted by Gasteiger charge is -2.29. The van der Waals surface area contributed by atoms with Crippen molar-refractivity contribution in [2.24, 2.45) is 5.92 Å². The number of amides is 1. The highest BCUT2D eigenvalue weighted by atomic mass is 32.1. The lowest BCUT2D eigenvalue weighted by atomic mass is 9.97. The quantitative estimate of drug-likeness (QED) is 0.749. The van der Waals surface area contributed by atoms with Crippen molar-refractivity contribution < 1.29 is 14.7 Å². The molecule has 0 aliphatic carbocycles. The molecule has 1 aromatic carbocycles. The maximum absolute atomic E-state index is 12.9. The zero-order chi connectivity index (χ0) is 19.1. The third-order valence-corrected chi connectivity index (χ3v) is 6.33. The summed E-state index contributed by atoms with van der Waals surface area (Å²) in [7, 11) is 0. The Labute approximate surface area is 161 Å². The number of likely N-dealkylation sites (tertiary alicyclic amines) is 1. The van der Waals surface area contributed by atoms with Crippen LogP contribution in [0.3, 0.4) is 0 Å². The van der Waals surface area contributed by atoms with Crippen LogP contribution in [0.1, 0.15) is 33.8 Å². The first-order valence-corrected chi connectivity index (χ1v) is 9.84. The largest absolute Gasteiger partial charge is 0.481 e. The summed E-state index contributed by atoms with van der Waals surface area (Å²) in [5.74, 6) is -1.12. The molecular formula is C20H21N3O3S. The van der Waals surface area contributed by atoms with E-state index in [1.165, 1.54) is 11.3 Å². The minimum absolute atomic E-state index is 0.0178. The number of benzene rings is 1. The Morgan fingerprint density at radius 1 is 1.19 bits per heavy atom. The lowest BCUT2D eigenvalue weighted by molar-refractivity contribution is -0.143. The van der Waals surface area contributed by atoms with Gasteiger partial charge < -0.3 is 10.0 Å². The van der Waals surface area contributed by atoms with Crippen molar-refractivity contribution in [1.82, 2.24) is 14.7 Å². The van der Waals surface area contributed by atoms with Crippen molar-refractivity contribution in [3.8, 4) is 5.69 Å². The van der Waals surface area contributed by atoms with Gasteiger partial charge >= 0.3 is 5.97 Å². The van der Waals surface area contributed by atoms with Crippen molar-refractivity contribution in [2.45, 2.75) is 26.7 Å². The molecule has 0 spiro atoms. The fourth-order valence-electron chi connectivity index (χ4n) is 3.60. The molecule has 6 nitrogen and oxygen atoms in total. The van der Waals surface area contributed by atoms with Crippen molar-refractivity contribution in [1.29, 1.82) is 0 Å². The third kappa shape index (κ3) is 3.12. The summed E-state index contributed by atoms with van der Waals surface area (Å²) >= 11 is 1.45. The molecule has 1 amide bonds. The van der Waals surface area contributed by atoms with Crippen LogP contribution < -0.4 is 0 Å². The molecule has 0 radical (unpaired) electrons. The Morgan fingerprint density at radius 2 is 1.89 bits per heavy atom. The molecule has 1 aliphatic rings. The first-order chi connectivity index (χ1) is 13.0. The summed E-state index contributed by atoms with van der Waals surface area (Å²) < 4.78 is 1.91. The molecule has 0 unspecified atom stereocenters. The molecule has 0 saturated carbocycles. The number of aromatic nitrogens is 2. The highest BCUT2D eigenvalue weighted by Gasteiger charge is 2.29. The maximum atomic E-state index is 12.9. The van der Waals surface area contributed by atoms with Crippen LogP contribution in [0.4, 0.5) is 0 Å². The van der Waals surface area contributed by atoms with Gasteiger partial charge in [0.15, 0.2) is 0 Å².